The average Bonchev–Trinajstić information content (AvgIpc) is 3.33. The van der Waals surface area contributed by atoms with Gasteiger partial charge in [-0.3, -0.25) is 0 Å². The molecule has 4 heteroatoms. The van der Waals surface area contributed by atoms with Gasteiger partial charge in [0.1, 0.15) is 0 Å². The lowest BCUT2D eigenvalue weighted by molar-refractivity contribution is -0.145. The summed E-state index contributed by atoms with van der Waals surface area (Å²) in [6.07, 6.45) is 13.7. The molecule has 4 aliphatic rings. The van der Waals surface area contributed by atoms with Crippen LogP contribution in [-0.2, 0) is 5.41 Å². The van der Waals surface area contributed by atoms with E-state index in [2.05, 4.69) is 86.0 Å². The summed E-state index contributed by atoms with van der Waals surface area (Å²) in [5, 5.41) is 23.2. The van der Waals surface area contributed by atoms with Gasteiger partial charge >= 0.3 is 0 Å². The lowest BCUT2D eigenvalue weighted by atomic mass is 9.35. The number of nitrogens with one attached hydrogen (secondary N) is 1. The number of benzene rings is 2. The standard InChI is InChI=1S/C36H44BrNO2/c1-20-9-10-33(3)11-13-36(6)30-17-24(25-19-38-27-16-22(37)7-8-23(25)27)31-21(2)32(40)28(39)18-26(31)34(30,4)12-14-35(36,5)29(33)15-20/h7-8,16-20,24,29,38-40H,9-15H2,1-6H3/t20-,24-,29+,33?,34-,35-,36+/m0/s1. The minimum Gasteiger partial charge on any atom is -0.504 e. The summed E-state index contributed by atoms with van der Waals surface area (Å²) in [5.41, 5.74) is 7.70. The molecule has 0 radical (unpaired) electrons. The number of halogens is 1. The predicted molar refractivity (Wildman–Crippen MR) is 167 cm³/mol. The molecule has 3 aromatic rings. The molecule has 212 valence electrons. The van der Waals surface area contributed by atoms with Gasteiger partial charge in [0.15, 0.2) is 11.5 Å². The van der Waals surface area contributed by atoms with Crippen LogP contribution in [0.1, 0.15) is 108 Å². The Morgan fingerprint density at radius 1 is 0.975 bits per heavy atom. The number of H-pyrrole nitrogens is 1. The first kappa shape index (κ1) is 26.7. The fraction of sp³-hybridized carbons (Fsp3) is 0.556. The highest BCUT2D eigenvalue weighted by atomic mass is 79.9. The van der Waals surface area contributed by atoms with Crippen LogP contribution in [0.15, 0.2) is 46.6 Å². The van der Waals surface area contributed by atoms with Crippen LogP contribution in [0.4, 0.5) is 0 Å². The van der Waals surface area contributed by atoms with Crippen LogP contribution in [0.5, 0.6) is 11.5 Å². The van der Waals surface area contributed by atoms with Crippen molar-refractivity contribution in [2.75, 3.05) is 0 Å². The minimum atomic E-state index is -0.167. The largest absolute Gasteiger partial charge is 0.504 e. The zero-order chi connectivity index (χ0) is 28.4. The SMILES string of the molecule is Cc1c(O)c(O)cc2c1[C@H](c1c[nH]c3cc(Br)ccc13)C=C1[C@@]2(C)CC[C@@]2(C)[C@@H]3C[C@@H](C)CCC3(C)CC[C@]12C. The number of aromatic hydroxyl groups is 2. The highest BCUT2D eigenvalue weighted by Gasteiger charge is 2.65. The van der Waals surface area contributed by atoms with Crippen LogP contribution >= 0.6 is 15.9 Å². The van der Waals surface area contributed by atoms with Crippen molar-refractivity contribution >= 4 is 26.8 Å². The molecule has 0 spiro atoms. The molecule has 1 unspecified atom stereocenters. The Morgan fingerprint density at radius 2 is 1.75 bits per heavy atom. The summed E-state index contributed by atoms with van der Waals surface area (Å²) in [6.45, 7) is 14.7. The molecule has 7 rings (SSSR count). The van der Waals surface area contributed by atoms with E-state index in [9.17, 15) is 10.2 Å². The Hall–Kier alpha value is -2.20. The van der Waals surface area contributed by atoms with Crippen molar-refractivity contribution in [3.05, 3.63) is 68.8 Å². The monoisotopic (exact) mass is 601 g/mol. The molecule has 0 saturated heterocycles. The van der Waals surface area contributed by atoms with E-state index in [0.717, 1.165) is 33.8 Å². The summed E-state index contributed by atoms with van der Waals surface area (Å²) in [7, 11) is 0. The molecule has 1 heterocycles. The van der Waals surface area contributed by atoms with Gasteiger partial charge in [-0.15, -0.1) is 0 Å². The van der Waals surface area contributed by atoms with Crippen molar-refractivity contribution in [2.45, 2.75) is 97.8 Å². The van der Waals surface area contributed by atoms with Crippen molar-refractivity contribution < 1.29 is 10.2 Å². The maximum atomic E-state index is 11.0. The highest BCUT2D eigenvalue weighted by Crippen LogP contribution is 2.74. The first-order valence-corrected chi connectivity index (χ1v) is 16.2. The van der Waals surface area contributed by atoms with E-state index in [0.29, 0.717) is 5.41 Å². The van der Waals surface area contributed by atoms with E-state index >= 15 is 0 Å². The smallest absolute Gasteiger partial charge is 0.160 e. The molecule has 2 aromatic carbocycles. The maximum Gasteiger partial charge on any atom is 0.160 e. The van der Waals surface area contributed by atoms with E-state index in [-0.39, 0.29) is 33.7 Å². The molecule has 4 aliphatic carbocycles. The van der Waals surface area contributed by atoms with E-state index < -0.39 is 0 Å². The molecule has 3 N–H and O–H groups in total. The Morgan fingerprint density at radius 3 is 2.52 bits per heavy atom. The highest BCUT2D eigenvalue weighted by molar-refractivity contribution is 9.10. The fourth-order valence-electron chi connectivity index (χ4n) is 10.4. The van der Waals surface area contributed by atoms with Gasteiger partial charge in [-0.2, -0.15) is 0 Å². The van der Waals surface area contributed by atoms with Crippen molar-refractivity contribution in [3.63, 3.8) is 0 Å². The number of hydrogen-bond donors (Lipinski definition) is 3. The number of fused-ring (bicyclic) bond motifs is 8. The molecule has 0 amide bonds. The number of rotatable bonds is 1. The normalized spacial score (nSPS) is 38.7. The lowest BCUT2D eigenvalue weighted by Crippen LogP contribution is -2.61. The third-order valence-electron chi connectivity index (χ3n) is 13.1. The summed E-state index contributed by atoms with van der Waals surface area (Å²) < 4.78 is 1.06. The van der Waals surface area contributed by atoms with Gasteiger partial charge in [0.05, 0.1) is 0 Å². The molecule has 0 aliphatic heterocycles. The predicted octanol–water partition coefficient (Wildman–Crippen LogP) is 10.0. The van der Waals surface area contributed by atoms with Gasteiger partial charge in [-0.1, -0.05) is 74.7 Å². The first-order chi connectivity index (χ1) is 18.8. The number of phenols is 2. The van der Waals surface area contributed by atoms with Crippen LogP contribution in [0.3, 0.4) is 0 Å². The molecule has 0 bridgehead atoms. The first-order valence-electron chi connectivity index (χ1n) is 15.4. The summed E-state index contributed by atoms with van der Waals surface area (Å²) in [4.78, 5) is 3.53. The van der Waals surface area contributed by atoms with E-state index in [1.165, 1.54) is 60.6 Å². The molecule has 7 atom stereocenters. The number of phenolic OH excluding ortho intramolecular Hbond substituents is 2. The zero-order valence-electron chi connectivity index (χ0n) is 24.9. The summed E-state index contributed by atoms with van der Waals surface area (Å²) >= 11 is 3.64. The third kappa shape index (κ3) is 3.29. The Bertz CT molecular complexity index is 1590. The quantitative estimate of drug-likeness (QED) is 0.192. The van der Waals surface area contributed by atoms with Gasteiger partial charge in [0.2, 0.25) is 0 Å². The molecular weight excluding hydrogens is 558 g/mol. The lowest BCUT2D eigenvalue weighted by Gasteiger charge is -2.69. The Labute approximate surface area is 247 Å². The van der Waals surface area contributed by atoms with Crippen molar-refractivity contribution in [1.29, 1.82) is 0 Å². The Kier molecular flexibility index (Phi) is 5.62. The van der Waals surface area contributed by atoms with E-state index in [1.54, 1.807) is 5.57 Å². The number of aromatic nitrogens is 1. The van der Waals surface area contributed by atoms with Gasteiger partial charge in [-0.05, 0) is 114 Å². The van der Waals surface area contributed by atoms with Crippen LogP contribution in [0.2, 0.25) is 0 Å². The third-order valence-corrected chi connectivity index (χ3v) is 13.6. The molecule has 1 aromatic heterocycles. The second-order valence-electron chi connectivity index (χ2n) is 15.0. The second-order valence-corrected chi connectivity index (χ2v) is 15.9. The maximum absolute atomic E-state index is 11.0. The topological polar surface area (TPSA) is 56.2 Å². The summed E-state index contributed by atoms with van der Waals surface area (Å²) in [6, 6.07) is 8.37. The van der Waals surface area contributed by atoms with Gasteiger partial charge < -0.3 is 15.2 Å². The second kappa shape index (κ2) is 8.43. The average molecular weight is 603 g/mol. The van der Waals surface area contributed by atoms with Gasteiger partial charge in [0.25, 0.3) is 0 Å². The minimum absolute atomic E-state index is 0.0103. The van der Waals surface area contributed by atoms with Gasteiger partial charge in [0, 0.05) is 32.9 Å². The van der Waals surface area contributed by atoms with Crippen LogP contribution in [0, 0.1) is 35.0 Å². The molecule has 3 saturated carbocycles. The number of hydrogen-bond acceptors (Lipinski definition) is 2. The molecule has 3 fully saturated rings. The van der Waals surface area contributed by atoms with Crippen molar-refractivity contribution in [3.8, 4) is 11.5 Å². The van der Waals surface area contributed by atoms with E-state index in [1.807, 2.05) is 13.0 Å². The number of aromatic amines is 1. The fourth-order valence-corrected chi connectivity index (χ4v) is 10.8. The summed E-state index contributed by atoms with van der Waals surface area (Å²) in [5.74, 6) is 1.57. The molecule has 3 nitrogen and oxygen atoms in total. The Balaban J connectivity index is 1.48. The van der Waals surface area contributed by atoms with E-state index in [4.69, 9.17) is 0 Å². The molecular formula is C36H44BrNO2. The van der Waals surface area contributed by atoms with Crippen molar-refractivity contribution in [2.24, 2.45) is 28.1 Å². The van der Waals surface area contributed by atoms with Crippen LogP contribution in [0.25, 0.3) is 10.9 Å². The molecule has 40 heavy (non-hydrogen) atoms. The van der Waals surface area contributed by atoms with Crippen molar-refractivity contribution in [1.82, 2.24) is 4.98 Å². The van der Waals surface area contributed by atoms with Crippen LogP contribution in [-0.4, -0.2) is 15.2 Å². The number of allylic oxidation sites excluding steroid dienone is 2. The van der Waals surface area contributed by atoms with Gasteiger partial charge in [-0.25, -0.2) is 0 Å². The van der Waals surface area contributed by atoms with Crippen LogP contribution < -0.4 is 0 Å². The zero-order valence-corrected chi connectivity index (χ0v) is 26.5.